The van der Waals surface area contributed by atoms with E-state index in [0.717, 1.165) is 0 Å². The third kappa shape index (κ3) is 1.53. The van der Waals surface area contributed by atoms with Gasteiger partial charge in [0.25, 0.3) is 0 Å². The van der Waals surface area contributed by atoms with E-state index in [1.165, 1.54) is 65.4 Å². The summed E-state index contributed by atoms with van der Waals surface area (Å²) in [7, 11) is 0. The van der Waals surface area contributed by atoms with Crippen molar-refractivity contribution >= 4 is 65.4 Å². The molecule has 2 nitrogen and oxygen atoms in total. The van der Waals surface area contributed by atoms with E-state index >= 15 is 0 Å². The Morgan fingerprint density at radius 1 is 0.333 bits per heavy atom. The molecule has 0 amide bonds. The van der Waals surface area contributed by atoms with Crippen molar-refractivity contribution in [3.8, 4) is 0 Å². The molecule has 3 aromatic heterocycles. The molecule has 8 rings (SSSR count). The standard InChI is InChI=1S/C28H16N2/c1-2-8-18-17(7-1)15-16-22-21-11-6-13-24-28(21)30(26(18)22)25-14-5-10-20-19-9-3-4-12-23(19)29(24)27(20)25/h1-16H. The topological polar surface area (TPSA) is 8.82 Å². The van der Waals surface area contributed by atoms with Gasteiger partial charge in [-0.15, -0.1) is 0 Å². The number of hydrogen-bond acceptors (Lipinski definition) is 0. The second-order valence-electron chi connectivity index (χ2n) is 8.22. The van der Waals surface area contributed by atoms with E-state index in [-0.39, 0.29) is 0 Å². The summed E-state index contributed by atoms with van der Waals surface area (Å²) in [5.74, 6) is 0. The Balaban J connectivity index is 1.86. The highest BCUT2D eigenvalue weighted by Gasteiger charge is 2.20. The third-order valence-corrected chi connectivity index (χ3v) is 6.81. The molecule has 0 aliphatic carbocycles. The molecule has 0 saturated heterocycles. The van der Waals surface area contributed by atoms with Gasteiger partial charge in [-0.1, -0.05) is 78.9 Å². The normalized spacial score (nSPS) is 12.7. The molecule has 3 heterocycles. The first-order valence-corrected chi connectivity index (χ1v) is 10.4. The molecule has 0 fully saturated rings. The van der Waals surface area contributed by atoms with Crippen LogP contribution in [0.4, 0.5) is 0 Å². The lowest BCUT2D eigenvalue weighted by Gasteiger charge is -2.11. The lowest BCUT2D eigenvalue weighted by atomic mass is 10.1. The summed E-state index contributed by atoms with van der Waals surface area (Å²) in [5, 5.41) is 7.84. The second-order valence-corrected chi connectivity index (χ2v) is 8.22. The summed E-state index contributed by atoms with van der Waals surface area (Å²) in [5.41, 5.74) is 7.69. The number of rotatable bonds is 0. The largest absolute Gasteiger partial charge is 0.305 e. The molecule has 0 aliphatic heterocycles. The summed E-state index contributed by atoms with van der Waals surface area (Å²) in [6, 6.07) is 35.5. The minimum atomic E-state index is 1.26. The van der Waals surface area contributed by atoms with Crippen LogP contribution in [0.25, 0.3) is 65.4 Å². The lowest BCUT2D eigenvalue weighted by molar-refractivity contribution is 1.26. The van der Waals surface area contributed by atoms with Gasteiger partial charge in [0.15, 0.2) is 0 Å². The third-order valence-electron chi connectivity index (χ3n) is 6.81. The Morgan fingerprint density at radius 2 is 0.900 bits per heavy atom. The molecular formula is C28H16N2. The van der Waals surface area contributed by atoms with Gasteiger partial charge in [0.05, 0.1) is 33.1 Å². The number of hydrogen-bond donors (Lipinski definition) is 0. The van der Waals surface area contributed by atoms with Crippen LogP contribution in [-0.4, -0.2) is 8.80 Å². The van der Waals surface area contributed by atoms with Crippen molar-refractivity contribution in [2.24, 2.45) is 0 Å². The first kappa shape index (κ1) is 14.9. The molecule has 138 valence electrons. The average molecular weight is 380 g/mol. The first-order chi connectivity index (χ1) is 14.9. The van der Waals surface area contributed by atoms with Crippen molar-refractivity contribution in [2.75, 3.05) is 0 Å². The number of nitrogens with zero attached hydrogens (tertiary/aromatic N) is 2. The zero-order valence-corrected chi connectivity index (χ0v) is 16.1. The van der Waals surface area contributed by atoms with Crippen LogP contribution in [0.1, 0.15) is 0 Å². The predicted molar refractivity (Wildman–Crippen MR) is 127 cm³/mol. The molecule has 0 bridgehead atoms. The highest BCUT2D eigenvalue weighted by molar-refractivity contribution is 6.25. The van der Waals surface area contributed by atoms with Crippen molar-refractivity contribution < 1.29 is 0 Å². The van der Waals surface area contributed by atoms with E-state index in [1.54, 1.807) is 0 Å². The van der Waals surface area contributed by atoms with E-state index in [0.29, 0.717) is 0 Å². The molecule has 0 aliphatic rings. The van der Waals surface area contributed by atoms with Gasteiger partial charge < -0.3 is 8.80 Å². The van der Waals surface area contributed by atoms with Crippen LogP contribution < -0.4 is 0 Å². The van der Waals surface area contributed by atoms with Gasteiger partial charge in [0, 0.05) is 26.9 Å². The van der Waals surface area contributed by atoms with Gasteiger partial charge in [0.1, 0.15) is 0 Å². The lowest BCUT2D eigenvalue weighted by Crippen LogP contribution is -1.96. The molecule has 0 spiro atoms. The highest BCUT2D eigenvalue weighted by Crippen LogP contribution is 2.41. The Labute approximate surface area is 171 Å². The summed E-state index contributed by atoms with van der Waals surface area (Å²) in [4.78, 5) is 0. The first-order valence-electron chi connectivity index (χ1n) is 10.4. The molecule has 2 heteroatoms. The van der Waals surface area contributed by atoms with Crippen molar-refractivity contribution in [3.05, 3.63) is 97.1 Å². The van der Waals surface area contributed by atoms with Crippen molar-refractivity contribution in [2.45, 2.75) is 0 Å². The molecule has 0 saturated carbocycles. The van der Waals surface area contributed by atoms with Crippen LogP contribution in [0.3, 0.4) is 0 Å². The summed E-state index contributed by atoms with van der Waals surface area (Å²) < 4.78 is 4.97. The van der Waals surface area contributed by atoms with E-state index in [4.69, 9.17) is 0 Å². The Bertz CT molecular complexity index is 1950. The van der Waals surface area contributed by atoms with Gasteiger partial charge in [-0.25, -0.2) is 0 Å². The molecule has 0 unspecified atom stereocenters. The van der Waals surface area contributed by atoms with E-state index < -0.39 is 0 Å². The van der Waals surface area contributed by atoms with Crippen LogP contribution in [0, 0.1) is 0 Å². The zero-order chi connectivity index (χ0) is 19.4. The highest BCUT2D eigenvalue weighted by atomic mass is 15.0. The summed E-state index contributed by atoms with van der Waals surface area (Å²) in [6.07, 6.45) is 0. The molecule has 0 atom stereocenters. The minimum absolute atomic E-state index is 1.26. The summed E-state index contributed by atoms with van der Waals surface area (Å²) in [6.45, 7) is 0. The fraction of sp³-hybridized carbons (Fsp3) is 0. The fourth-order valence-corrected chi connectivity index (χ4v) is 5.66. The number of aromatic nitrogens is 2. The van der Waals surface area contributed by atoms with E-state index in [9.17, 15) is 0 Å². The van der Waals surface area contributed by atoms with E-state index in [1.807, 2.05) is 0 Å². The number of benzene rings is 5. The molecule has 8 aromatic rings. The monoisotopic (exact) mass is 380 g/mol. The minimum Gasteiger partial charge on any atom is -0.305 e. The molecule has 5 aromatic carbocycles. The predicted octanol–water partition coefficient (Wildman–Crippen LogP) is 7.40. The van der Waals surface area contributed by atoms with Gasteiger partial charge in [-0.3, -0.25) is 0 Å². The van der Waals surface area contributed by atoms with Crippen molar-refractivity contribution in [3.63, 3.8) is 0 Å². The van der Waals surface area contributed by atoms with Gasteiger partial charge in [-0.2, -0.15) is 0 Å². The average Bonchev–Trinajstić information content (AvgIpc) is 3.33. The SMILES string of the molecule is c1ccc2c(c1)ccc1c3cccc4c3n(c3cccc5c6ccccc6n4c53)c21. The number of fused-ring (bicyclic) bond motifs is 10. The Hall–Kier alpha value is -4.04. The van der Waals surface area contributed by atoms with Gasteiger partial charge in [-0.05, 0) is 23.6 Å². The smallest absolute Gasteiger partial charge is 0.0783 e. The Kier molecular flexibility index (Phi) is 2.44. The maximum absolute atomic E-state index is 2.50. The van der Waals surface area contributed by atoms with Crippen LogP contribution in [0.5, 0.6) is 0 Å². The zero-order valence-electron chi connectivity index (χ0n) is 16.1. The van der Waals surface area contributed by atoms with Crippen molar-refractivity contribution in [1.82, 2.24) is 8.80 Å². The van der Waals surface area contributed by atoms with Gasteiger partial charge in [0.2, 0.25) is 0 Å². The van der Waals surface area contributed by atoms with Gasteiger partial charge >= 0.3 is 0 Å². The van der Waals surface area contributed by atoms with Crippen molar-refractivity contribution in [1.29, 1.82) is 0 Å². The molecule has 0 N–H and O–H groups in total. The van der Waals surface area contributed by atoms with E-state index in [2.05, 4.69) is 106 Å². The van der Waals surface area contributed by atoms with Crippen LogP contribution in [0.15, 0.2) is 97.1 Å². The second kappa shape index (κ2) is 4.92. The maximum atomic E-state index is 2.50. The quantitative estimate of drug-likeness (QED) is 0.242. The molecular weight excluding hydrogens is 364 g/mol. The summed E-state index contributed by atoms with van der Waals surface area (Å²) >= 11 is 0. The van der Waals surface area contributed by atoms with Crippen LogP contribution >= 0.6 is 0 Å². The fourth-order valence-electron chi connectivity index (χ4n) is 5.66. The Morgan fingerprint density at radius 3 is 1.77 bits per heavy atom. The van der Waals surface area contributed by atoms with Crippen LogP contribution in [-0.2, 0) is 0 Å². The van der Waals surface area contributed by atoms with Crippen LogP contribution in [0.2, 0.25) is 0 Å². The molecule has 30 heavy (non-hydrogen) atoms. The molecule has 0 radical (unpaired) electrons. The number of para-hydroxylation sites is 3. The maximum Gasteiger partial charge on any atom is 0.0783 e.